The SMILES string of the molecule is Cc1nc2ccccc2n1CC(=O)NCC(N)C1CC1. The largest absolute Gasteiger partial charge is 0.353 e. The Kier molecular flexibility index (Phi) is 3.44. The number of benzene rings is 1. The summed E-state index contributed by atoms with van der Waals surface area (Å²) < 4.78 is 1.94. The van der Waals surface area contributed by atoms with Crippen molar-refractivity contribution in [1.82, 2.24) is 14.9 Å². The smallest absolute Gasteiger partial charge is 0.240 e. The maximum absolute atomic E-state index is 12.0. The van der Waals surface area contributed by atoms with Crippen LogP contribution >= 0.6 is 0 Å². The van der Waals surface area contributed by atoms with Gasteiger partial charge in [0.2, 0.25) is 5.91 Å². The number of aromatic nitrogens is 2. The van der Waals surface area contributed by atoms with Crippen molar-refractivity contribution in [3.05, 3.63) is 30.1 Å². The van der Waals surface area contributed by atoms with Gasteiger partial charge in [-0.3, -0.25) is 4.79 Å². The molecule has 106 valence electrons. The van der Waals surface area contributed by atoms with Crippen LogP contribution in [0.5, 0.6) is 0 Å². The number of nitrogens with zero attached hydrogens (tertiary/aromatic N) is 2. The fourth-order valence-corrected chi connectivity index (χ4v) is 2.52. The first kappa shape index (κ1) is 13.1. The lowest BCUT2D eigenvalue weighted by molar-refractivity contribution is -0.121. The van der Waals surface area contributed by atoms with Crippen LogP contribution in [0.2, 0.25) is 0 Å². The van der Waals surface area contributed by atoms with Crippen molar-refractivity contribution < 1.29 is 4.79 Å². The van der Waals surface area contributed by atoms with E-state index in [1.54, 1.807) is 0 Å². The Morgan fingerprint density at radius 3 is 3.00 bits per heavy atom. The van der Waals surface area contributed by atoms with Crippen molar-refractivity contribution in [3.8, 4) is 0 Å². The first-order valence-corrected chi connectivity index (χ1v) is 7.09. The molecule has 1 atom stereocenters. The Morgan fingerprint density at radius 1 is 1.50 bits per heavy atom. The van der Waals surface area contributed by atoms with Gasteiger partial charge in [0.1, 0.15) is 12.4 Å². The van der Waals surface area contributed by atoms with E-state index in [1.807, 2.05) is 35.8 Å². The third-order valence-corrected chi connectivity index (χ3v) is 3.91. The minimum Gasteiger partial charge on any atom is -0.353 e. The standard InChI is InChI=1S/C15H20N4O/c1-10-18-13-4-2-3-5-14(13)19(10)9-15(20)17-8-12(16)11-6-7-11/h2-5,11-12H,6-9,16H2,1H3,(H,17,20). The quantitative estimate of drug-likeness (QED) is 0.859. The van der Waals surface area contributed by atoms with Gasteiger partial charge in [-0.05, 0) is 37.8 Å². The molecule has 0 spiro atoms. The van der Waals surface area contributed by atoms with E-state index >= 15 is 0 Å². The molecule has 5 nitrogen and oxygen atoms in total. The second-order valence-corrected chi connectivity index (χ2v) is 5.54. The maximum atomic E-state index is 12.0. The van der Waals surface area contributed by atoms with Crippen LogP contribution < -0.4 is 11.1 Å². The molecular formula is C15H20N4O. The summed E-state index contributed by atoms with van der Waals surface area (Å²) in [6, 6.07) is 7.95. The van der Waals surface area contributed by atoms with E-state index in [4.69, 9.17) is 5.73 Å². The van der Waals surface area contributed by atoms with E-state index in [9.17, 15) is 4.79 Å². The van der Waals surface area contributed by atoms with E-state index in [-0.39, 0.29) is 11.9 Å². The molecule has 20 heavy (non-hydrogen) atoms. The van der Waals surface area contributed by atoms with Gasteiger partial charge in [0.25, 0.3) is 0 Å². The number of nitrogens with one attached hydrogen (secondary N) is 1. The summed E-state index contributed by atoms with van der Waals surface area (Å²) in [5, 5.41) is 2.92. The van der Waals surface area contributed by atoms with Gasteiger partial charge in [-0.1, -0.05) is 12.1 Å². The highest BCUT2D eigenvalue weighted by Gasteiger charge is 2.28. The van der Waals surface area contributed by atoms with Crippen LogP contribution in [-0.2, 0) is 11.3 Å². The Bertz CT molecular complexity index is 630. The first-order chi connectivity index (χ1) is 9.65. The molecule has 1 heterocycles. The summed E-state index contributed by atoms with van der Waals surface area (Å²) in [5.41, 5.74) is 7.90. The lowest BCUT2D eigenvalue weighted by Crippen LogP contribution is -2.39. The molecule has 1 fully saturated rings. The molecule has 0 aliphatic heterocycles. The summed E-state index contributed by atoms with van der Waals surface area (Å²) in [6.45, 7) is 2.78. The highest BCUT2D eigenvalue weighted by atomic mass is 16.1. The van der Waals surface area contributed by atoms with Crippen LogP contribution in [0.4, 0.5) is 0 Å². The van der Waals surface area contributed by atoms with Crippen LogP contribution in [0.15, 0.2) is 24.3 Å². The lowest BCUT2D eigenvalue weighted by atomic mass is 10.2. The van der Waals surface area contributed by atoms with Gasteiger partial charge >= 0.3 is 0 Å². The topological polar surface area (TPSA) is 72.9 Å². The van der Waals surface area contributed by atoms with Crippen LogP contribution in [0.25, 0.3) is 11.0 Å². The molecular weight excluding hydrogens is 252 g/mol. The van der Waals surface area contributed by atoms with Gasteiger partial charge < -0.3 is 15.6 Å². The molecule has 1 unspecified atom stereocenters. The second-order valence-electron chi connectivity index (χ2n) is 5.54. The van der Waals surface area contributed by atoms with Crippen LogP contribution in [-0.4, -0.2) is 28.0 Å². The lowest BCUT2D eigenvalue weighted by Gasteiger charge is -2.12. The number of carbonyl (C=O) groups is 1. The average Bonchev–Trinajstić information content (AvgIpc) is 3.23. The van der Waals surface area contributed by atoms with E-state index in [1.165, 1.54) is 12.8 Å². The molecule has 1 aromatic carbocycles. The van der Waals surface area contributed by atoms with Crippen molar-refractivity contribution in [1.29, 1.82) is 0 Å². The number of amides is 1. The monoisotopic (exact) mass is 272 g/mol. The number of nitrogens with two attached hydrogens (primary N) is 1. The van der Waals surface area contributed by atoms with Gasteiger partial charge in [-0.2, -0.15) is 0 Å². The number of imidazole rings is 1. The Labute approximate surface area is 118 Å². The molecule has 1 aliphatic rings. The van der Waals surface area contributed by atoms with Crippen molar-refractivity contribution in [2.24, 2.45) is 11.7 Å². The molecule has 5 heteroatoms. The van der Waals surface area contributed by atoms with Gasteiger partial charge in [0.15, 0.2) is 0 Å². The molecule has 1 amide bonds. The van der Waals surface area contributed by atoms with E-state index in [0.29, 0.717) is 19.0 Å². The number of aryl methyl sites for hydroxylation is 1. The van der Waals surface area contributed by atoms with Gasteiger partial charge in [0.05, 0.1) is 11.0 Å². The van der Waals surface area contributed by atoms with Gasteiger partial charge in [0, 0.05) is 12.6 Å². The number of hydrogen-bond donors (Lipinski definition) is 2. The summed E-state index contributed by atoms with van der Waals surface area (Å²) in [7, 11) is 0. The van der Waals surface area contributed by atoms with Crippen LogP contribution in [0, 0.1) is 12.8 Å². The summed E-state index contributed by atoms with van der Waals surface area (Å²) in [5.74, 6) is 1.45. The molecule has 1 aromatic heterocycles. The van der Waals surface area contributed by atoms with Crippen molar-refractivity contribution >= 4 is 16.9 Å². The van der Waals surface area contributed by atoms with Gasteiger partial charge in [-0.15, -0.1) is 0 Å². The number of rotatable bonds is 5. The Balaban J connectivity index is 1.66. The third-order valence-electron chi connectivity index (χ3n) is 3.91. The number of fused-ring (bicyclic) bond motifs is 1. The number of hydrogen-bond acceptors (Lipinski definition) is 3. The van der Waals surface area contributed by atoms with Crippen molar-refractivity contribution in [3.63, 3.8) is 0 Å². The summed E-state index contributed by atoms with van der Waals surface area (Å²) in [4.78, 5) is 16.5. The molecule has 1 saturated carbocycles. The normalized spacial score (nSPS) is 16.3. The maximum Gasteiger partial charge on any atom is 0.240 e. The minimum atomic E-state index is -0.00708. The van der Waals surface area contributed by atoms with E-state index in [0.717, 1.165) is 16.9 Å². The highest BCUT2D eigenvalue weighted by Crippen LogP contribution is 2.31. The molecule has 3 N–H and O–H groups in total. The van der Waals surface area contributed by atoms with Crippen LogP contribution in [0.1, 0.15) is 18.7 Å². The van der Waals surface area contributed by atoms with Gasteiger partial charge in [-0.25, -0.2) is 4.98 Å². The van der Waals surface area contributed by atoms with E-state index < -0.39 is 0 Å². The molecule has 3 rings (SSSR count). The summed E-state index contributed by atoms with van der Waals surface area (Å²) >= 11 is 0. The first-order valence-electron chi connectivity index (χ1n) is 7.09. The second kappa shape index (κ2) is 5.25. The fraction of sp³-hybridized carbons (Fsp3) is 0.467. The number of carbonyl (C=O) groups excluding carboxylic acids is 1. The Morgan fingerprint density at radius 2 is 2.25 bits per heavy atom. The molecule has 2 aromatic rings. The minimum absolute atomic E-state index is 0.00708. The molecule has 0 saturated heterocycles. The summed E-state index contributed by atoms with van der Waals surface area (Å²) in [6.07, 6.45) is 2.39. The third kappa shape index (κ3) is 2.67. The average molecular weight is 272 g/mol. The molecule has 0 radical (unpaired) electrons. The zero-order valence-corrected chi connectivity index (χ0v) is 11.7. The Hall–Kier alpha value is -1.88. The number of para-hydroxylation sites is 2. The predicted octanol–water partition coefficient (Wildman–Crippen LogP) is 1.20. The highest BCUT2D eigenvalue weighted by molar-refractivity contribution is 5.81. The van der Waals surface area contributed by atoms with Crippen molar-refractivity contribution in [2.45, 2.75) is 32.4 Å². The fourth-order valence-electron chi connectivity index (χ4n) is 2.52. The van der Waals surface area contributed by atoms with E-state index in [2.05, 4.69) is 10.3 Å². The molecule has 1 aliphatic carbocycles. The molecule has 0 bridgehead atoms. The predicted molar refractivity (Wildman–Crippen MR) is 78.2 cm³/mol. The van der Waals surface area contributed by atoms with Crippen LogP contribution in [0.3, 0.4) is 0 Å². The zero-order valence-electron chi connectivity index (χ0n) is 11.7. The van der Waals surface area contributed by atoms with Crippen molar-refractivity contribution in [2.75, 3.05) is 6.54 Å². The zero-order chi connectivity index (χ0) is 14.1.